The minimum absolute atomic E-state index is 0.531. The molecule has 6 nitrogen and oxygen atoms in total. The molecule has 6 heteroatoms. The highest BCUT2D eigenvalue weighted by Crippen LogP contribution is 2.42. The third-order valence-corrected chi connectivity index (χ3v) is 13.0. The van der Waals surface area contributed by atoms with Gasteiger partial charge >= 0.3 is 0 Å². The van der Waals surface area contributed by atoms with E-state index in [9.17, 15) is 0 Å². The van der Waals surface area contributed by atoms with Crippen molar-refractivity contribution in [3.8, 4) is 79.2 Å². The zero-order chi connectivity index (χ0) is 45.0. The summed E-state index contributed by atoms with van der Waals surface area (Å²) in [6, 6.07) is 85.1. The molecule has 0 radical (unpaired) electrons. The molecule has 0 spiro atoms. The highest BCUT2D eigenvalue weighted by molar-refractivity contribution is 6.23. The fraction of sp³-hybridized carbons (Fsp3) is 0. The zero-order valence-electron chi connectivity index (χ0n) is 36.8. The van der Waals surface area contributed by atoms with E-state index >= 15 is 0 Å². The van der Waals surface area contributed by atoms with Crippen LogP contribution in [-0.4, -0.2) is 29.1 Å². The fourth-order valence-corrected chi connectivity index (χ4v) is 9.79. The van der Waals surface area contributed by atoms with Gasteiger partial charge in [0.05, 0.1) is 33.5 Å². The van der Waals surface area contributed by atoms with Crippen molar-refractivity contribution in [2.24, 2.45) is 0 Å². The third kappa shape index (κ3) is 6.74. The van der Waals surface area contributed by atoms with Gasteiger partial charge in [0, 0.05) is 49.5 Å². The maximum Gasteiger partial charge on any atom is 0.238 e. The summed E-state index contributed by atoms with van der Waals surface area (Å²) in [5, 5.41) is 4.54. The summed E-state index contributed by atoms with van der Waals surface area (Å²) in [7, 11) is 0. The van der Waals surface area contributed by atoms with Crippen LogP contribution in [0.4, 0.5) is 0 Å². The van der Waals surface area contributed by atoms with Gasteiger partial charge in [0.15, 0.2) is 11.6 Å². The Morgan fingerprint density at radius 2 is 0.706 bits per heavy atom. The van der Waals surface area contributed by atoms with Gasteiger partial charge in [-0.15, -0.1) is 0 Å². The van der Waals surface area contributed by atoms with Crippen LogP contribution in [-0.2, 0) is 0 Å². The Bertz CT molecular complexity index is 3950. The molecule has 13 aromatic rings. The fourth-order valence-electron chi connectivity index (χ4n) is 9.79. The van der Waals surface area contributed by atoms with Crippen molar-refractivity contribution >= 4 is 43.6 Å². The molecule has 0 atom stereocenters. The molecule has 318 valence electrons. The van der Waals surface area contributed by atoms with Gasteiger partial charge in [-0.2, -0.15) is 9.97 Å². The van der Waals surface area contributed by atoms with Crippen LogP contribution >= 0.6 is 0 Å². The molecule has 9 aromatic carbocycles. The molecule has 0 aliphatic carbocycles. The van der Waals surface area contributed by atoms with E-state index in [1.165, 1.54) is 10.9 Å². The quantitative estimate of drug-likeness (QED) is 0.153. The number of hydrogen-bond donors (Lipinski definition) is 0. The van der Waals surface area contributed by atoms with Gasteiger partial charge < -0.3 is 4.57 Å². The van der Waals surface area contributed by atoms with Gasteiger partial charge in [-0.3, -0.25) is 4.57 Å². The van der Waals surface area contributed by atoms with Crippen molar-refractivity contribution in [1.29, 1.82) is 0 Å². The lowest BCUT2D eigenvalue weighted by Gasteiger charge is -2.14. The lowest BCUT2D eigenvalue weighted by atomic mass is 9.99. The molecule has 0 amide bonds. The van der Waals surface area contributed by atoms with Gasteiger partial charge in [0.1, 0.15) is 0 Å². The molecular weight excluding hydrogens is 829 g/mol. The van der Waals surface area contributed by atoms with Gasteiger partial charge in [0.25, 0.3) is 0 Å². The van der Waals surface area contributed by atoms with Gasteiger partial charge in [0.2, 0.25) is 5.95 Å². The molecule has 0 aliphatic rings. The Morgan fingerprint density at radius 3 is 1.35 bits per heavy atom. The number of pyridine rings is 1. The average molecular weight is 869 g/mol. The number of para-hydroxylation sites is 2. The van der Waals surface area contributed by atoms with Crippen molar-refractivity contribution in [3.05, 3.63) is 243 Å². The second-order valence-corrected chi connectivity index (χ2v) is 17.1. The lowest BCUT2D eigenvalue weighted by Crippen LogP contribution is -2.07. The summed E-state index contributed by atoms with van der Waals surface area (Å²) < 4.78 is 4.67. The van der Waals surface area contributed by atoms with Crippen LogP contribution < -0.4 is 0 Å². The predicted octanol–water partition coefficient (Wildman–Crippen LogP) is 15.5. The van der Waals surface area contributed by atoms with Crippen molar-refractivity contribution in [2.45, 2.75) is 0 Å². The Morgan fingerprint density at radius 1 is 0.250 bits per heavy atom. The standard InChI is InChI=1S/C62H40N6/c1-5-19-41(20-6-1)45-27-18-30-49(38-45)67-56-33-15-13-31-50(56)52-35-36-53-51-32-14-16-34-57(51)68(59(53)58(52)67)62-65-60(44-25-11-4-12-26-44)64-61(66-62)47-29-17-28-46(37-47)55-40-48(42-21-7-2-8-22-42)39-54(63-55)43-23-9-3-10-24-43/h1-40H. The summed E-state index contributed by atoms with van der Waals surface area (Å²) >= 11 is 0. The minimum Gasteiger partial charge on any atom is -0.307 e. The molecule has 0 N–H and O–H groups in total. The highest BCUT2D eigenvalue weighted by atomic mass is 15.2. The predicted molar refractivity (Wildman–Crippen MR) is 279 cm³/mol. The van der Waals surface area contributed by atoms with E-state index < -0.39 is 0 Å². The zero-order valence-corrected chi connectivity index (χ0v) is 36.8. The number of nitrogens with zero attached hydrogens (tertiary/aromatic N) is 6. The van der Waals surface area contributed by atoms with E-state index in [1.54, 1.807) is 0 Å². The summed E-state index contributed by atoms with van der Waals surface area (Å²) in [6.45, 7) is 0. The Balaban J connectivity index is 1.06. The van der Waals surface area contributed by atoms with E-state index in [1.807, 2.05) is 30.3 Å². The first-order valence-corrected chi connectivity index (χ1v) is 22.9. The molecule has 13 rings (SSSR count). The number of aromatic nitrogens is 6. The summed E-state index contributed by atoms with van der Waals surface area (Å²) in [5.74, 6) is 1.68. The Kier molecular flexibility index (Phi) is 9.39. The molecule has 4 heterocycles. The number of benzene rings is 9. The number of fused-ring (bicyclic) bond motifs is 7. The largest absolute Gasteiger partial charge is 0.307 e. The molecule has 68 heavy (non-hydrogen) atoms. The topological polar surface area (TPSA) is 61.4 Å². The molecule has 0 aliphatic heterocycles. The Hall–Kier alpha value is -9.26. The monoisotopic (exact) mass is 868 g/mol. The summed E-state index contributed by atoms with van der Waals surface area (Å²) in [6.07, 6.45) is 0. The molecule has 0 fully saturated rings. The van der Waals surface area contributed by atoms with Crippen LogP contribution in [0.1, 0.15) is 0 Å². The average Bonchev–Trinajstić information content (AvgIpc) is 3.95. The van der Waals surface area contributed by atoms with E-state index in [4.69, 9.17) is 19.9 Å². The number of rotatable bonds is 8. The van der Waals surface area contributed by atoms with Crippen LogP contribution in [0.25, 0.3) is 123 Å². The van der Waals surface area contributed by atoms with E-state index in [-0.39, 0.29) is 0 Å². The van der Waals surface area contributed by atoms with E-state index in [0.717, 1.165) is 94.2 Å². The van der Waals surface area contributed by atoms with Crippen LogP contribution in [0, 0.1) is 0 Å². The van der Waals surface area contributed by atoms with Gasteiger partial charge in [-0.1, -0.05) is 200 Å². The smallest absolute Gasteiger partial charge is 0.238 e. The van der Waals surface area contributed by atoms with Crippen molar-refractivity contribution < 1.29 is 0 Å². The molecule has 4 aromatic heterocycles. The van der Waals surface area contributed by atoms with E-state index in [0.29, 0.717) is 17.6 Å². The summed E-state index contributed by atoms with van der Waals surface area (Å²) in [5.41, 5.74) is 15.4. The first kappa shape index (κ1) is 39.1. The van der Waals surface area contributed by atoms with E-state index in [2.05, 4.69) is 221 Å². The van der Waals surface area contributed by atoms with Crippen molar-refractivity contribution in [3.63, 3.8) is 0 Å². The summed E-state index contributed by atoms with van der Waals surface area (Å²) in [4.78, 5) is 21.4. The van der Waals surface area contributed by atoms with Crippen molar-refractivity contribution in [1.82, 2.24) is 29.1 Å². The van der Waals surface area contributed by atoms with Gasteiger partial charge in [-0.05, 0) is 64.7 Å². The van der Waals surface area contributed by atoms with Crippen LogP contribution in [0.5, 0.6) is 0 Å². The van der Waals surface area contributed by atoms with Gasteiger partial charge in [-0.25, -0.2) is 9.97 Å². The molecular formula is C62H40N6. The van der Waals surface area contributed by atoms with Crippen LogP contribution in [0.3, 0.4) is 0 Å². The normalized spacial score (nSPS) is 11.5. The first-order chi connectivity index (χ1) is 33.7. The second-order valence-electron chi connectivity index (χ2n) is 17.1. The van der Waals surface area contributed by atoms with Crippen LogP contribution in [0.2, 0.25) is 0 Å². The SMILES string of the molecule is c1ccc(-c2cccc(-n3c4ccccc4c4ccc5c6ccccc6n(-c6nc(-c7ccccc7)nc(-c7cccc(-c8cc(-c9ccccc9)cc(-c9ccccc9)n8)c7)n6)c5c43)c2)cc1. The number of hydrogen-bond acceptors (Lipinski definition) is 4. The van der Waals surface area contributed by atoms with Crippen LogP contribution in [0.15, 0.2) is 243 Å². The second kappa shape index (κ2) is 16.3. The molecule has 0 saturated heterocycles. The maximum absolute atomic E-state index is 5.46. The third-order valence-electron chi connectivity index (χ3n) is 13.0. The minimum atomic E-state index is 0.531. The molecule has 0 unspecified atom stereocenters. The molecule has 0 bridgehead atoms. The maximum atomic E-state index is 5.46. The molecule has 0 saturated carbocycles. The first-order valence-electron chi connectivity index (χ1n) is 22.9. The lowest BCUT2D eigenvalue weighted by molar-refractivity contribution is 0.953. The Labute approximate surface area is 392 Å². The highest BCUT2D eigenvalue weighted by Gasteiger charge is 2.24. The van der Waals surface area contributed by atoms with Crippen molar-refractivity contribution in [2.75, 3.05) is 0 Å².